The Morgan fingerprint density at radius 1 is 1.17 bits per heavy atom. The molecule has 0 bridgehead atoms. The molecule has 1 heterocycles. The van der Waals surface area contributed by atoms with Crippen LogP contribution in [0, 0.1) is 0 Å². The van der Waals surface area contributed by atoms with Crippen molar-refractivity contribution in [2.45, 2.75) is 18.9 Å². The van der Waals surface area contributed by atoms with Gasteiger partial charge in [0, 0.05) is 15.4 Å². The third-order valence-electron chi connectivity index (χ3n) is 4.40. The van der Waals surface area contributed by atoms with Gasteiger partial charge in [-0.05, 0) is 54.8 Å². The molecule has 0 saturated carbocycles. The Morgan fingerprint density at radius 3 is 2.96 bits per heavy atom. The number of aryl methyl sites for hydroxylation is 1. The van der Waals surface area contributed by atoms with Gasteiger partial charge in [-0.15, -0.1) is 0 Å². The Labute approximate surface area is 143 Å². The number of nitrogens with zero attached hydrogens (tertiary/aromatic N) is 1. The maximum absolute atomic E-state index is 5.54. The second kappa shape index (κ2) is 5.85. The lowest BCUT2D eigenvalue weighted by atomic mass is 10.1. The number of nitrogens with one attached hydrogen (secondary N) is 1. The lowest BCUT2D eigenvalue weighted by molar-refractivity contribution is 0.408. The van der Waals surface area contributed by atoms with E-state index in [1.54, 1.807) is 7.11 Å². The molecule has 1 aromatic heterocycles. The van der Waals surface area contributed by atoms with Crippen LogP contribution in [0.5, 0.6) is 5.75 Å². The van der Waals surface area contributed by atoms with Gasteiger partial charge < -0.3 is 10.1 Å². The van der Waals surface area contributed by atoms with Crippen LogP contribution in [-0.4, -0.2) is 12.1 Å². The highest BCUT2D eigenvalue weighted by Gasteiger charge is 2.26. The number of anilines is 1. The minimum absolute atomic E-state index is 0.251. The van der Waals surface area contributed by atoms with Crippen LogP contribution in [0.25, 0.3) is 10.9 Å². The topological polar surface area (TPSA) is 34.1 Å². The molecule has 1 aliphatic rings. The fourth-order valence-electron chi connectivity index (χ4n) is 3.32. The summed E-state index contributed by atoms with van der Waals surface area (Å²) >= 11 is 3.50. The minimum atomic E-state index is 0.251. The first kappa shape index (κ1) is 14.5. The van der Waals surface area contributed by atoms with Gasteiger partial charge in [-0.2, -0.15) is 0 Å². The van der Waals surface area contributed by atoms with Crippen LogP contribution >= 0.6 is 15.9 Å². The molecule has 0 fully saturated rings. The molecule has 4 heteroatoms. The molecule has 0 aliphatic heterocycles. The Kier molecular flexibility index (Phi) is 3.69. The number of hydrogen-bond donors (Lipinski definition) is 1. The largest absolute Gasteiger partial charge is 0.496 e. The van der Waals surface area contributed by atoms with Crippen LogP contribution in [0.15, 0.2) is 53.0 Å². The van der Waals surface area contributed by atoms with Crippen molar-refractivity contribution in [3.8, 4) is 5.75 Å². The number of halogens is 1. The zero-order valence-corrected chi connectivity index (χ0v) is 14.4. The SMILES string of the molecule is COc1cccc2c1[C@@H](Nc1ccc3cc(Br)ccc3n1)CC2. The number of aromatic nitrogens is 1. The molecule has 3 aromatic rings. The molecular weight excluding hydrogens is 352 g/mol. The van der Waals surface area contributed by atoms with E-state index in [2.05, 4.69) is 45.5 Å². The van der Waals surface area contributed by atoms with Gasteiger partial charge in [-0.1, -0.05) is 28.1 Å². The van der Waals surface area contributed by atoms with Gasteiger partial charge in [0.15, 0.2) is 0 Å². The monoisotopic (exact) mass is 368 g/mol. The maximum Gasteiger partial charge on any atom is 0.127 e. The Hall–Kier alpha value is -2.07. The quantitative estimate of drug-likeness (QED) is 0.697. The van der Waals surface area contributed by atoms with E-state index in [0.717, 1.165) is 39.8 Å². The van der Waals surface area contributed by atoms with E-state index in [0.29, 0.717) is 0 Å². The average Bonchev–Trinajstić information content (AvgIpc) is 2.98. The van der Waals surface area contributed by atoms with Crippen molar-refractivity contribution in [3.63, 3.8) is 0 Å². The lowest BCUT2D eigenvalue weighted by Crippen LogP contribution is -2.09. The highest BCUT2D eigenvalue weighted by atomic mass is 79.9. The minimum Gasteiger partial charge on any atom is -0.496 e. The van der Waals surface area contributed by atoms with E-state index in [-0.39, 0.29) is 6.04 Å². The van der Waals surface area contributed by atoms with Gasteiger partial charge in [-0.3, -0.25) is 0 Å². The van der Waals surface area contributed by atoms with Crippen LogP contribution in [0.2, 0.25) is 0 Å². The average molecular weight is 369 g/mol. The van der Waals surface area contributed by atoms with Gasteiger partial charge >= 0.3 is 0 Å². The third-order valence-corrected chi connectivity index (χ3v) is 4.89. The summed E-state index contributed by atoms with van der Waals surface area (Å²) < 4.78 is 6.61. The van der Waals surface area contributed by atoms with E-state index in [9.17, 15) is 0 Å². The van der Waals surface area contributed by atoms with E-state index in [4.69, 9.17) is 9.72 Å². The zero-order valence-electron chi connectivity index (χ0n) is 12.8. The van der Waals surface area contributed by atoms with Crippen molar-refractivity contribution in [3.05, 3.63) is 64.1 Å². The van der Waals surface area contributed by atoms with E-state index < -0.39 is 0 Å². The smallest absolute Gasteiger partial charge is 0.127 e. The van der Waals surface area contributed by atoms with Crippen molar-refractivity contribution in [1.29, 1.82) is 0 Å². The van der Waals surface area contributed by atoms with Crippen molar-refractivity contribution < 1.29 is 4.74 Å². The van der Waals surface area contributed by atoms with Crippen LogP contribution in [0.1, 0.15) is 23.6 Å². The van der Waals surface area contributed by atoms with E-state index in [1.165, 1.54) is 11.1 Å². The van der Waals surface area contributed by atoms with Gasteiger partial charge in [0.05, 0.1) is 18.7 Å². The first-order chi connectivity index (χ1) is 11.2. The van der Waals surface area contributed by atoms with Crippen molar-refractivity contribution in [2.75, 3.05) is 12.4 Å². The molecule has 3 nitrogen and oxygen atoms in total. The van der Waals surface area contributed by atoms with Gasteiger partial charge in [0.1, 0.15) is 11.6 Å². The molecule has 0 radical (unpaired) electrons. The maximum atomic E-state index is 5.54. The normalized spacial score (nSPS) is 16.3. The molecule has 1 aliphatic carbocycles. The molecule has 116 valence electrons. The van der Waals surface area contributed by atoms with Crippen molar-refractivity contribution in [1.82, 2.24) is 4.98 Å². The first-order valence-corrected chi connectivity index (χ1v) is 8.52. The Morgan fingerprint density at radius 2 is 2.09 bits per heavy atom. The van der Waals surface area contributed by atoms with E-state index >= 15 is 0 Å². The number of methoxy groups -OCH3 is 1. The van der Waals surface area contributed by atoms with Gasteiger partial charge in [0.2, 0.25) is 0 Å². The third kappa shape index (κ3) is 2.68. The summed E-state index contributed by atoms with van der Waals surface area (Å²) in [6.45, 7) is 0. The summed E-state index contributed by atoms with van der Waals surface area (Å²) in [6, 6.07) is 16.8. The van der Waals surface area contributed by atoms with Crippen molar-refractivity contribution in [2.24, 2.45) is 0 Å². The first-order valence-electron chi connectivity index (χ1n) is 7.73. The fraction of sp³-hybridized carbons (Fsp3) is 0.211. The van der Waals surface area contributed by atoms with E-state index in [1.807, 2.05) is 24.3 Å². The molecular formula is C19H17BrN2O. The second-order valence-electron chi connectivity index (χ2n) is 5.80. The number of ether oxygens (including phenoxy) is 1. The van der Waals surface area contributed by atoms with Crippen molar-refractivity contribution >= 4 is 32.7 Å². The van der Waals surface area contributed by atoms with Crippen LogP contribution in [-0.2, 0) is 6.42 Å². The lowest BCUT2D eigenvalue weighted by Gasteiger charge is -2.17. The molecule has 4 rings (SSSR count). The molecule has 0 spiro atoms. The fourth-order valence-corrected chi connectivity index (χ4v) is 3.70. The highest BCUT2D eigenvalue weighted by molar-refractivity contribution is 9.10. The molecule has 0 saturated heterocycles. The Bertz CT molecular complexity index is 878. The summed E-state index contributed by atoms with van der Waals surface area (Å²) in [7, 11) is 1.73. The number of fused-ring (bicyclic) bond motifs is 2. The molecule has 1 atom stereocenters. The standard InChI is InChI=1S/C19H17BrN2O/c1-23-17-4-2-3-12-5-8-16(19(12)17)22-18-10-6-13-11-14(20)7-9-15(13)21-18/h2-4,6-7,9-11,16H,5,8H2,1H3,(H,21,22)/t16-/m0/s1. The molecule has 0 amide bonds. The molecule has 0 unspecified atom stereocenters. The summed E-state index contributed by atoms with van der Waals surface area (Å²) in [5.74, 6) is 1.87. The van der Waals surface area contributed by atoms with Gasteiger partial charge in [0.25, 0.3) is 0 Å². The Balaban J connectivity index is 1.67. The van der Waals surface area contributed by atoms with Crippen LogP contribution in [0.4, 0.5) is 5.82 Å². The summed E-state index contributed by atoms with van der Waals surface area (Å²) in [5.41, 5.74) is 3.63. The number of benzene rings is 2. The number of hydrogen-bond acceptors (Lipinski definition) is 3. The summed E-state index contributed by atoms with van der Waals surface area (Å²) in [5, 5.41) is 4.71. The number of rotatable bonds is 3. The molecule has 1 N–H and O–H groups in total. The highest BCUT2D eigenvalue weighted by Crippen LogP contribution is 2.39. The van der Waals surface area contributed by atoms with Crippen LogP contribution in [0.3, 0.4) is 0 Å². The molecule has 2 aromatic carbocycles. The summed E-state index contributed by atoms with van der Waals surface area (Å²) in [6.07, 6.45) is 2.14. The van der Waals surface area contributed by atoms with Gasteiger partial charge in [-0.25, -0.2) is 4.98 Å². The predicted molar refractivity (Wildman–Crippen MR) is 97.1 cm³/mol. The molecule has 23 heavy (non-hydrogen) atoms. The zero-order chi connectivity index (χ0) is 15.8. The summed E-state index contributed by atoms with van der Waals surface area (Å²) in [4.78, 5) is 4.74. The van der Waals surface area contributed by atoms with Crippen LogP contribution < -0.4 is 10.1 Å². The predicted octanol–water partition coefficient (Wildman–Crippen LogP) is 5.11. The number of pyridine rings is 1. The second-order valence-corrected chi connectivity index (χ2v) is 6.72.